The minimum Gasteiger partial charge on any atom is -0.497 e. The van der Waals surface area contributed by atoms with E-state index in [2.05, 4.69) is 11.0 Å². The number of fused-ring (bicyclic) bond motifs is 1. The van der Waals surface area contributed by atoms with Gasteiger partial charge in [0.15, 0.2) is 0 Å². The van der Waals surface area contributed by atoms with Crippen LogP contribution in [0.4, 0.5) is 10.5 Å². The Morgan fingerprint density at radius 1 is 0.955 bits per heavy atom. The number of methoxy groups -OCH3 is 2. The lowest BCUT2D eigenvalue weighted by Gasteiger charge is -2.43. The Labute approximate surface area is 258 Å². The van der Waals surface area contributed by atoms with Gasteiger partial charge in [-0.3, -0.25) is 9.69 Å². The molecule has 0 radical (unpaired) electrons. The summed E-state index contributed by atoms with van der Waals surface area (Å²) < 4.78 is 29.2. The summed E-state index contributed by atoms with van der Waals surface area (Å²) in [6, 6.07) is 24.2. The maximum Gasteiger partial charge on any atom is 0.410 e. The number of rotatable bonds is 12. The summed E-state index contributed by atoms with van der Waals surface area (Å²) in [5.74, 6) is 0.741. The van der Waals surface area contributed by atoms with E-state index in [0.717, 1.165) is 41.3 Å². The average molecular weight is 604 g/mol. The highest BCUT2D eigenvalue weighted by molar-refractivity contribution is 5.84. The van der Waals surface area contributed by atoms with Gasteiger partial charge < -0.3 is 34.3 Å². The molecule has 2 aliphatic heterocycles. The van der Waals surface area contributed by atoms with Crippen molar-refractivity contribution in [2.75, 3.05) is 52.0 Å². The maximum absolute atomic E-state index is 13.4. The van der Waals surface area contributed by atoms with Crippen LogP contribution in [0.15, 0.2) is 78.9 Å². The molecule has 1 unspecified atom stereocenters. The van der Waals surface area contributed by atoms with E-state index >= 15 is 0 Å². The van der Waals surface area contributed by atoms with Gasteiger partial charge in [0.2, 0.25) is 5.91 Å². The van der Waals surface area contributed by atoms with Crippen LogP contribution in [0.1, 0.15) is 29.9 Å². The molecule has 0 bridgehead atoms. The molecule has 3 aromatic carbocycles. The molecule has 4 atom stereocenters. The fourth-order valence-corrected chi connectivity index (χ4v) is 5.92. The third-order valence-corrected chi connectivity index (χ3v) is 8.19. The Kier molecular flexibility index (Phi) is 10.6. The molecule has 2 amide bonds. The van der Waals surface area contributed by atoms with Crippen molar-refractivity contribution in [1.29, 1.82) is 0 Å². The molecule has 0 aromatic heterocycles. The molecule has 1 fully saturated rings. The first-order valence-corrected chi connectivity index (χ1v) is 15.0. The minimum atomic E-state index is -0.848. The van der Waals surface area contributed by atoms with Gasteiger partial charge in [-0.15, -0.1) is 0 Å². The quantitative estimate of drug-likeness (QED) is 0.304. The SMILES string of the molecule is COCCCN1CC(CO[C@H]2CN(C(=O)OCc3ccccc3)[C@H](C(N)=O)C[C@@H]2c2ccc(OC)cc2)Oc2ccccc21. The van der Waals surface area contributed by atoms with Crippen LogP contribution in [0.5, 0.6) is 11.5 Å². The number of amides is 2. The van der Waals surface area contributed by atoms with E-state index in [9.17, 15) is 9.59 Å². The Bertz CT molecular complexity index is 1370. The number of nitrogens with zero attached hydrogens (tertiary/aromatic N) is 2. The molecule has 10 nitrogen and oxygen atoms in total. The molecule has 1 saturated heterocycles. The highest BCUT2D eigenvalue weighted by Gasteiger charge is 2.43. The topological polar surface area (TPSA) is 113 Å². The number of carbonyl (C=O) groups is 2. The fraction of sp³-hybridized carbons (Fsp3) is 0.412. The second kappa shape index (κ2) is 14.9. The first kappa shape index (κ1) is 31.2. The predicted molar refractivity (Wildman–Crippen MR) is 166 cm³/mol. The lowest BCUT2D eigenvalue weighted by atomic mass is 9.83. The molecule has 3 aromatic rings. The van der Waals surface area contributed by atoms with E-state index in [1.807, 2.05) is 72.8 Å². The smallest absolute Gasteiger partial charge is 0.410 e. The monoisotopic (exact) mass is 603 g/mol. The van der Waals surface area contributed by atoms with Crippen LogP contribution in [0.3, 0.4) is 0 Å². The first-order valence-electron chi connectivity index (χ1n) is 15.0. The van der Waals surface area contributed by atoms with Crippen molar-refractivity contribution in [3.63, 3.8) is 0 Å². The predicted octanol–water partition coefficient (Wildman–Crippen LogP) is 4.36. The standard InChI is InChI=1S/C34H41N3O7/c1-40-18-8-17-36-20-27(44-31-12-7-6-11-29(31)36)23-42-32-21-37(34(39)43-22-24-9-4-3-5-10-24)30(33(35)38)19-28(32)25-13-15-26(41-2)16-14-25/h3-7,9-16,27-28,30,32H,8,17-23H2,1-2H3,(H2,35,38)/t27?,28-,30+,32+/m1/s1. The molecule has 234 valence electrons. The first-order chi connectivity index (χ1) is 21.5. The van der Waals surface area contributed by atoms with Crippen LogP contribution in [0, 0.1) is 0 Å². The van der Waals surface area contributed by atoms with Crippen molar-refractivity contribution in [2.24, 2.45) is 5.73 Å². The highest BCUT2D eigenvalue weighted by atomic mass is 16.6. The largest absolute Gasteiger partial charge is 0.497 e. The summed E-state index contributed by atoms with van der Waals surface area (Å²) in [5.41, 5.74) is 8.72. The third kappa shape index (κ3) is 7.62. The van der Waals surface area contributed by atoms with Crippen molar-refractivity contribution in [1.82, 2.24) is 4.90 Å². The Morgan fingerprint density at radius 3 is 2.43 bits per heavy atom. The lowest BCUT2D eigenvalue weighted by molar-refractivity contribution is -0.127. The van der Waals surface area contributed by atoms with Crippen LogP contribution < -0.4 is 20.1 Å². The molecular weight excluding hydrogens is 562 g/mol. The summed E-state index contributed by atoms with van der Waals surface area (Å²) >= 11 is 0. The number of carbonyl (C=O) groups excluding carboxylic acids is 2. The molecule has 10 heteroatoms. The zero-order chi connectivity index (χ0) is 30.9. The van der Waals surface area contributed by atoms with Gasteiger partial charge in [0, 0.05) is 26.2 Å². The van der Waals surface area contributed by atoms with Gasteiger partial charge in [-0.2, -0.15) is 0 Å². The van der Waals surface area contributed by atoms with Gasteiger partial charge in [-0.1, -0.05) is 54.6 Å². The molecule has 2 heterocycles. The molecule has 0 spiro atoms. The summed E-state index contributed by atoms with van der Waals surface area (Å²) in [5, 5.41) is 0. The number of benzene rings is 3. The number of hydrogen-bond donors (Lipinski definition) is 1. The number of primary amides is 1. The lowest BCUT2D eigenvalue weighted by Crippen LogP contribution is -2.57. The number of para-hydroxylation sites is 2. The number of piperidine rings is 1. The second-order valence-corrected chi connectivity index (χ2v) is 11.1. The van der Waals surface area contributed by atoms with Crippen molar-refractivity contribution >= 4 is 17.7 Å². The average Bonchev–Trinajstić information content (AvgIpc) is 3.06. The minimum absolute atomic E-state index is 0.0866. The number of likely N-dealkylation sites (tertiary alicyclic amines) is 1. The van der Waals surface area contributed by atoms with Crippen LogP contribution in [0.25, 0.3) is 0 Å². The Morgan fingerprint density at radius 2 is 1.70 bits per heavy atom. The second-order valence-electron chi connectivity index (χ2n) is 11.1. The summed E-state index contributed by atoms with van der Waals surface area (Å²) in [6.07, 6.45) is -0.103. The van der Waals surface area contributed by atoms with Crippen molar-refractivity contribution in [3.05, 3.63) is 90.0 Å². The molecule has 0 saturated carbocycles. The van der Waals surface area contributed by atoms with E-state index in [0.29, 0.717) is 26.2 Å². The summed E-state index contributed by atoms with van der Waals surface area (Å²) in [6.45, 7) is 2.66. The van der Waals surface area contributed by atoms with Crippen LogP contribution >= 0.6 is 0 Å². The van der Waals surface area contributed by atoms with E-state index in [1.54, 1.807) is 14.2 Å². The molecule has 44 heavy (non-hydrogen) atoms. The highest BCUT2D eigenvalue weighted by Crippen LogP contribution is 2.37. The molecule has 0 aliphatic carbocycles. The van der Waals surface area contributed by atoms with Gasteiger partial charge in [0.25, 0.3) is 0 Å². The molecule has 5 rings (SSSR count). The van der Waals surface area contributed by atoms with Gasteiger partial charge in [-0.25, -0.2) is 4.79 Å². The molecular formula is C34H41N3O7. The van der Waals surface area contributed by atoms with Gasteiger partial charge in [-0.05, 0) is 48.2 Å². The van der Waals surface area contributed by atoms with E-state index in [1.165, 1.54) is 4.90 Å². The number of hydrogen-bond acceptors (Lipinski definition) is 8. The zero-order valence-electron chi connectivity index (χ0n) is 25.3. The summed E-state index contributed by atoms with van der Waals surface area (Å²) in [4.78, 5) is 29.7. The Balaban J connectivity index is 1.34. The normalized spacial score (nSPS) is 21.2. The summed E-state index contributed by atoms with van der Waals surface area (Å²) in [7, 11) is 3.32. The molecule has 2 N–H and O–H groups in total. The zero-order valence-corrected chi connectivity index (χ0v) is 25.3. The van der Waals surface area contributed by atoms with Crippen molar-refractivity contribution < 1.29 is 33.3 Å². The van der Waals surface area contributed by atoms with Gasteiger partial charge >= 0.3 is 6.09 Å². The maximum atomic E-state index is 13.4. The van der Waals surface area contributed by atoms with E-state index in [4.69, 9.17) is 29.4 Å². The Hall–Kier alpha value is -4.28. The molecule has 2 aliphatic rings. The third-order valence-electron chi connectivity index (χ3n) is 8.19. The van der Waals surface area contributed by atoms with Crippen LogP contribution in [-0.2, 0) is 25.6 Å². The fourth-order valence-electron chi connectivity index (χ4n) is 5.92. The number of ether oxygens (including phenoxy) is 5. The van der Waals surface area contributed by atoms with Crippen LogP contribution in [-0.4, -0.2) is 82.2 Å². The van der Waals surface area contributed by atoms with Gasteiger partial charge in [0.1, 0.15) is 30.3 Å². The van der Waals surface area contributed by atoms with E-state index in [-0.39, 0.29) is 25.2 Å². The van der Waals surface area contributed by atoms with Crippen molar-refractivity contribution in [2.45, 2.75) is 43.6 Å². The van der Waals surface area contributed by atoms with E-state index < -0.39 is 24.1 Å². The van der Waals surface area contributed by atoms with Crippen LogP contribution in [0.2, 0.25) is 0 Å². The number of anilines is 1. The van der Waals surface area contributed by atoms with Gasteiger partial charge in [0.05, 0.1) is 38.6 Å². The van der Waals surface area contributed by atoms with Crippen molar-refractivity contribution in [3.8, 4) is 11.5 Å². The number of nitrogens with two attached hydrogens (primary N) is 1.